The summed E-state index contributed by atoms with van der Waals surface area (Å²) in [5, 5.41) is 3.59. The van der Waals surface area contributed by atoms with E-state index in [2.05, 4.69) is 43.2 Å². The Labute approximate surface area is 119 Å². The molecule has 0 spiro atoms. The monoisotopic (exact) mass is 267 g/mol. The fourth-order valence-corrected chi connectivity index (χ4v) is 4.22. The predicted molar refractivity (Wildman–Crippen MR) is 82.5 cm³/mol. The molecule has 0 aromatic rings. The molecule has 2 rings (SSSR count). The van der Waals surface area contributed by atoms with Crippen LogP contribution < -0.4 is 5.32 Å². The number of hydrogen-bond donors (Lipinski definition) is 1. The van der Waals surface area contributed by atoms with E-state index in [9.17, 15) is 0 Å². The summed E-state index contributed by atoms with van der Waals surface area (Å²) < 4.78 is 0. The number of hydrogen-bond acceptors (Lipinski definition) is 3. The van der Waals surface area contributed by atoms with Gasteiger partial charge in [-0.15, -0.1) is 0 Å². The highest BCUT2D eigenvalue weighted by atomic mass is 15.3. The van der Waals surface area contributed by atoms with Gasteiger partial charge in [0.1, 0.15) is 0 Å². The van der Waals surface area contributed by atoms with Crippen molar-refractivity contribution in [3.05, 3.63) is 0 Å². The molecule has 3 nitrogen and oxygen atoms in total. The smallest absolute Gasteiger partial charge is 0.0255 e. The van der Waals surface area contributed by atoms with E-state index in [1.54, 1.807) is 0 Å². The molecule has 1 N–H and O–H groups in total. The zero-order valence-corrected chi connectivity index (χ0v) is 13.4. The molecule has 3 heteroatoms. The van der Waals surface area contributed by atoms with Crippen molar-refractivity contribution in [2.45, 2.75) is 63.6 Å². The van der Waals surface area contributed by atoms with E-state index in [4.69, 9.17) is 0 Å². The Kier molecular flexibility index (Phi) is 5.67. The van der Waals surface area contributed by atoms with Gasteiger partial charge in [0.25, 0.3) is 0 Å². The van der Waals surface area contributed by atoms with Crippen molar-refractivity contribution >= 4 is 0 Å². The van der Waals surface area contributed by atoms with Gasteiger partial charge in [-0.3, -0.25) is 4.90 Å². The van der Waals surface area contributed by atoms with Crippen LogP contribution in [0.4, 0.5) is 0 Å². The molecule has 1 heterocycles. The van der Waals surface area contributed by atoms with Gasteiger partial charge in [0.05, 0.1) is 0 Å². The molecule has 4 atom stereocenters. The molecule has 2 fully saturated rings. The molecule has 0 bridgehead atoms. The molecule has 0 aromatic carbocycles. The van der Waals surface area contributed by atoms with Gasteiger partial charge in [-0.2, -0.15) is 0 Å². The Bertz CT molecular complexity index is 267. The Hall–Kier alpha value is -0.120. The van der Waals surface area contributed by atoms with E-state index < -0.39 is 0 Å². The van der Waals surface area contributed by atoms with E-state index in [1.165, 1.54) is 51.6 Å². The van der Waals surface area contributed by atoms with Crippen LogP contribution in [0.1, 0.15) is 45.4 Å². The molecule has 0 amide bonds. The molecule has 1 saturated heterocycles. The van der Waals surface area contributed by atoms with Crippen LogP contribution in [0, 0.1) is 5.92 Å². The Morgan fingerprint density at radius 2 is 2.00 bits per heavy atom. The van der Waals surface area contributed by atoms with Crippen LogP contribution >= 0.6 is 0 Å². The average Bonchev–Trinajstić information content (AvgIpc) is 2.85. The van der Waals surface area contributed by atoms with Crippen molar-refractivity contribution in [1.82, 2.24) is 15.1 Å². The van der Waals surface area contributed by atoms with E-state index in [0.717, 1.165) is 18.0 Å². The molecular weight excluding hydrogens is 234 g/mol. The van der Waals surface area contributed by atoms with Crippen LogP contribution in [-0.2, 0) is 0 Å². The largest absolute Gasteiger partial charge is 0.315 e. The SMILES string of the molecule is CCC1CCC(NC)C(N2CCCC2CN(C)C)C1. The summed E-state index contributed by atoms with van der Waals surface area (Å²) in [7, 11) is 6.57. The average molecular weight is 267 g/mol. The summed E-state index contributed by atoms with van der Waals surface area (Å²) in [5.74, 6) is 0.954. The van der Waals surface area contributed by atoms with Crippen LogP contribution in [0.15, 0.2) is 0 Å². The molecule has 1 aliphatic heterocycles. The fraction of sp³-hybridized carbons (Fsp3) is 1.00. The third-order valence-corrected chi connectivity index (χ3v) is 5.30. The number of likely N-dealkylation sites (N-methyl/N-ethyl adjacent to an activating group) is 2. The van der Waals surface area contributed by atoms with Gasteiger partial charge < -0.3 is 10.2 Å². The van der Waals surface area contributed by atoms with E-state index >= 15 is 0 Å². The van der Waals surface area contributed by atoms with Gasteiger partial charge in [0.15, 0.2) is 0 Å². The molecule has 19 heavy (non-hydrogen) atoms. The minimum atomic E-state index is 0.713. The van der Waals surface area contributed by atoms with E-state index in [-0.39, 0.29) is 0 Å². The molecule has 2 aliphatic rings. The van der Waals surface area contributed by atoms with Crippen LogP contribution in [0.3, 0.4) is 0 Å². The lowest BCUT2D eigenvalue weighted by Crippen LogP contribution is -2.55. The highest BCUT2D eigenvalue weighted by Gasteiger charge is 2.38. The van der Waals surface area contributed by atoms with Crippen molar-refractivity contribution in [2.75, 3.05) is 34.2 Å². The summed E-state index contributed by atoms with van der Waals surface area (Å²) in [6.45, 7) is 4.91. The molecule has 112 valence electrons. The van der Waals surface area contributed by atoms with Crippen molar-refractivity contribution < 1.29 is 0 Å². The zero-order valence-electron chi connectivity index (χ0n) is 13.4. The Balaban J connectivity index is 2.03. The number of likely N-dealkylation sites (tertiary alicyclic amines) is 1. The van der Waals surface area contributed by atoms with E-state index in [0.29, 0.717) is 6.04 Å². The lowest BCUT2D eigenvalue weighted by molar-refractivity contribution is 0.0775. The summed E-state index contributed by atoms with van der Waals surface area (Å²) in [4.78, 5) is 5.19. The molecule has 1 saturated carbocycles. The van der Waals surface area contributed by atoms with Crippen molar-refractivity contribution in [1.29, 1.82) is 0 Å². The van der Waals surface area contributed by atoms with E-state index in [1.807, 2.05) is 0 Å². The maximum atomic E-state index is 3.59. The van der Waals surface area contributed by atoms with Gasteiger partial charge >= 0.3 is 0 Å². The van der Waals surface area contributed by atoms with Crippen molar-refractivity contribution in [3.63, 3.8) is 0 Å². The second-order valence-electron chi connectivity index (χ2n) is 6.85. The third-order valence-electron chi connectivity index (χ3n) is 5.30. The van der Waals surface area contributed by atoms with Crippen LogP contribution in [0.2, 0.25) is 0 Å². The predicted octanol–water partition coefficient (Wildman–Crippen LogP) is 2.18. The minimum Gasteiger partial charge on any atom is -0.315 e. The van der Waals surface area contributed by atoms with Crippen molar-refractivity contribution in [2.24, 2.45) is 5.92 Å². The number of nitrogens with one attached hydrogen (secondary N) is 1. The lowest BCUT2D eigenvalue weighted by atomic mass is 9.80. The number of nitrogens with zero attached hydrogens (tertiary/aromatic N) is 2. The fourth-order valence-electron chi connectivity index (χ4n) is 4.22. The second-order valence-corrected chi connectivity index (χ2v) is 6.85. The first kappa shape index (κ1) is 15.3. The highest BCUT2D eigenvalue weighted by Crippen LogP contribution is 2.33. The molecule has 0 radical (unpaired) electrons. The van der Waals surface area contributed by atoms with Crippen LogP contribution in [0.5, 0.6) is 0 Å². The topological polar surface area (TPSA) is 18.5 Å². The first-order chi connectivity index (χ1) is 9.15. The van der Waals surface area contributed by atoms with Crippen molar-refractivity contribution in [3.8, 4) is 0 Å². The Morgan fingerprint density at radius 1 is 1.21 bits per heavy atom. The molecule has 4 unspecified atom stereocenters. The molecule has 1 aliphatic carbocycles. The van der Waals surface area contributed by atoms with Crippen LogP contribution in [0.25, 0.3) is 0 Å². The van der Waals surface area contributed by atoms with Gasteiger partial charge in [0, 0.05) is 24.7 Å². The highest BCUT2D eigenvalue weighted by molar-refractivity contribution is 4.95. The minimum absolute atomic E-state index is 0.713. The zero-order chi connectivity index (χ0) is 13.8. The summed E-state index contributed by atoms with van der Waals surface area (Å²) in [6.07, 6.45) is 8.34. The third kappa shape index (κ3) is 3.71. The maximum Gasteiger partial charge on any atom is 0.0255 e. The van der Waals surface area contributed by atoms with Crippen LogP contribution in [-0.4, -0.2) is 62.2 Å². The number of rotatable bonds is 5. The first-order valence-corrected chi connectivity index (χ1v) is 8.23. The second kappa shape index (κ2) is 7.05. The Morgan fingerprint density at radius 3 is 2.63 bits per heavy atom. The standard InChI is InChI=1S/C16H33N3/c1-5-13-8-9-15(17-2)16(11-13)19-10-6-7-14(19)12-18(3)4/h13-17H,5-12H2,1-4H3. The molecular formula is C16H33N3. The quantitative estimate of drug-likeness (QED) is 0.824. The first-order valence-electron chi connectivity index (χ1n) is 8.23. The maximum absolute atomic E-state index is 3.59. The van der Waals surface area contributed by atoms with Gasteiger partial charge in [-0.05, 0) is 65.7 Å². The van der Waals surface area contributed by atoms with Gasteiger partial charge in [0.2, 0.25) is 0 Å². The van der Waals surface area contributed by atoms with Gasteiger partial charge in [-0.25, -0.2) is 0 Å². The summed E-state index contributed by atoms with van der Waals surface area (Å²) in [5.41, 5.74) is 0. The normalized spacial score (nSPS) is 37.1. The summed E-state index contributed by atoms with van der Waals surface area (Å²) >= 11 is 0. The van der Waals surface area contributed by atoms with Gasteiger partial charge in [-0.1, -0.05) is 13.3 Å². The lowest BCUT2D eigenvalue weighted by Gasteiger charge is -2.44. The molecule has 0 aromatic heterocycles. The summed E-state index contributed by atoms with van der Waals surface area (Å²) in [6, 6.07) is 2.27.